The Morgan fingerprint density at radius 2 is 1.59 bits per heavy atom. The van der Waals surface area contributed by atoms with E-state index in [9.17, 15) is 9.59 Å². The van der Waals surface area contributed by atoms with Crippen LogP contribution >= 0.6 is 0 Å². The quantitative estimate of drug-likeness (QED) is 0.319. The van der Waals surface area contributed by atoms with Gasteiger partial charge in [-0.25, -0.2) is 0 Å². The Balaban J connectivity index is 1.43. The van der Waals surface area contributed by atoms with Crippen molar-refractivity contribution in [3.8, 4) is 0 Å². The van der Waals surface area contributed by atoms with E-state index in [0.29, 0.717) is 18.0 Å². The fourth-order valence-corrected chi connectivity index (χ4v) is 5.28. The maximum absolute atomic E-state index is 13.9. The van der Waals surface area contributed by atoms with Crippen molar-refractivity contribution in [1.82, 2.24) is 14.4 Å². The van der Waals surface area contributed by atoms with E-state index in [1.165, 1.54) is 5.56 Å². The van der Waals surface area contributed by atoms with E-state index >= 15 is 0 Å². The lowest BCUT2D eigenvalue weighted by atomic mass is 9.95. The molecule has 0 aliphatic carbocycles. The molecule has 1 aliphatic heterocycles. The zero-order valence-electron chi connectivity index (χ0n) is 22.1. The Bertz CT molecular complexity index is 1420. The highest BCUT2D eigenvalue weighted by Gasteiger charge is 2.34. The summed E-state index contributed by atoms with van der Waals surface area (Å²) in [7, 11) is 0. The van der Waals surface area contributed by atoms with E-state index in [1.807, 2.05) is 67.3 Å². The number of benzene rings is 3. The second kappa shape index (κ2) is 10.3. The van der Waals surface area contributed by atoms with Crippen LogP contribution in [0.4, 0.5) is 0 Å². The van der Waals surface area contributed by atoms with Gasteiger partial charge in [0.05, 0.1) is 6.04 Å². The van der Waals surface area contributed by atoms with Crippen molar-refractivity contribution < 1.29 is 9.59 Å². The van der Waals surface area contributed by atoms with Crippen LogP contribution in [0.3, 0.4) is 0 Å². The van der Waals surface area contributed by atoms with Gasteiger partial charge in [0.15, 0.2) is 0 Å². The van der Waals surface area contributed by atoms with E-state index < -0.39 is 0 Å². The van der Waals surface area contributed by atoms with E-state index in [1.54, 1.807) is 4.90 Å². The van der Waals surface area contributed by atoms with Crippen molar-refractivity contribution in [1.29, 1.82) is 0 Å². The maximum Gasteiger partial charge on any atom is 0.254 e. The molecule has 1 aromatic heterocycles. The molecule has 190 valence electrons. The second-order valence-electron chi connectivity index (χ2n) is 10.5. The van der Waals surface area contributed by atoms with E-state index in [4.69, 9.17) is 0 Å². The van der Waals surface area contributed by atoms with Crippen LogP contribution in [0.2, 0.25) is 0 Å². The van der Waals surface area contributed by atoms with Gasteiger partial charge in [-0.1, -0.05) is 68.4 Å². The van der Waals surface area contributed by atoms with Crippen molar-refractivity contribution in [3.05, 3.63) is 107 Å². The fourth-order valence-electron chi connectivity index (χ4n) is 5.28. The summed E-state index contributed by atoms with van der Waals surface area (Å²) in [6, 6.07) is 26.2. The van der Waals surface area contributed by atoms with Crippen LogP contribution in [0.25, 0.3) is 10.8 Å². The summed E-state index contributed by atoms with van der Waals surface area (Å²) in [6.07, 6.45) is 2.08. The molecule has 1 aliphatic rings. The molecule has 1 unspecified atom stereocenters. The molecule has 0 spiro atoms. The minimum Gasteiger partial charge on any atom is -0.348 e. The minimum atomic E-state index is -0.178. The summed E-state index contributed by atoms with van der Waals surface area (Å²) >= 11 is 0. The molecule has 1 atom stereocenters. The standard InChI is InChI=1S/C32H35N3O2/c1-22(2)24-11-14-26(15-12-24)31-29-10-7-17-33(29)18-19-34(31)30(36)21-35(23(3)4)32(37)28-16-13-25-8-5-6-9-27(25)20-28/h5-17,20,22-23,31H,18-19,21H2,1-4H3. The van der Waals surface area contributed by atoms with Gasteiger partial charge in [-0.3, -0.25) is 9.59 Å². The average molecular weight is 494 g/mol. The highest BCUT2D eigenvalue weighted by Crippen LogP contribution is 2.33. The van der Waals surface area contributed by atoms with Gasteiger partial charge in [-0.15, -0.1) is 0 Å². The van der Waals surface area contributed by atoms with Crippen LogP contribution in [-0.4, -0.2) is 45.3 Å². The van der Waals surface area contributed by atoms with Gasteiger partial charge in [0.2, 0.25) is 5.91 Å². The molecule has 0 saturated heterocycles. The molecule has 37 heavy (non-hydrogen) atoms. The second-order valence-corrected chi connectivity index (χ2v) is 10.5. The fraction of sp³-hybridized carbons (Fsp3) is 0.312. The first kappa shape index (κ1) is 24.8. The molecule has 3 aromatic carbocycles. The Labute approximate surface area is 219 Å². The number of nitrogens with zero attached hydrogens (tertiary/aromatic N) is 3. The first-order valence-corrected chi connectivity index (χ1v) is 13.2. The molecule has 4 aromatic rings. The molecule has 0 N–H and O–H groups in total. The Hall–Kier alpha value is -3.86. The molecule has 5 nitrogen and oxygen atoms in total. The lowest BCUT2D eigenvalue weighted by molar-refractivity contribution is -0.135. The number of aromatic nitrogens is 1. The summed E-state index contributed by atoms with van der Waals surface area (Å²) in [5, 5.41) is 2.11. The number of carbonyl (C=O) groups is 2. The third-order valence-corrected chi connectivity index (χ3v) is 7.46. The molecule has 0 fully saturated rings. The zero-order chi connectivity index (χ0) is 26.1. The lowest BCUT2D eigenvalue weighted by Crippen LogP contribution is -2.49. The van der Waals surface area contributed by atoms with Gasteiger partial charge in [-0.2, -0.15) is 0 Å². The third kappa shape index (κ3) is 4.91. The maximum atomic E-state index is 13.9. The van der Waals surface area contributed by atoms with Crippen molar-refractivity contribution in [2.75, 3.05) is 13.1 Å². The SMILES string of the molecule is CC(C)c1ccc(C2c3cccn3CCN2C(=O)CN(C(=O)c2ccc3ccccc3c2)C(C)C)cc1. The molecule has 0 bridgehead atoms. The van der Waals surface area contributed by atoms with Crippen molar-refractivity contribution in [3.63, 3.8) is 0 Å². The number of hydrogen-bond donors (Lipinski definition) is 0. The monoisotopic (exact) mass is 493 g/mol. The summed E-state index contributed by atoms with van der Waals surface area (Å²) in [5.41, 5.74) is 4.08. The smallest absolute Gasteiger partial charge is 0.254 e. The van der Waals surface area contributed by atoms with Crippen molar-refractivity contribution in [2.24, 2.45) is 0 Å². The lowest BCUT2D eigenvalue weighted by Gasteiger charge is -2.39. The topological polar surface area (TPSA) is 45.6 Å². The van der Waals surface area contributed by atoms with Crippen molar-refractivity contribution >= 4 is 22.6 Å². The molecule has 5 heteroatoms. The van der Waals surface area contributed by atoms with E-state index in [2.05, 4.69) is 54.9 Å². The first-order valence-electron chi connectivity index (χ1n) is 13.2. The zero-order valence-corrected chi connectivity index (χ0v) is 22.1. The number of rotatable bonds is 6. The van der Waals surface area contributed by atoms with Crippen LogP contribution in [0, 0.1) is 0 Å². The molecule has 0 radical (unpaired) electrons. The largest absolute Gasteiger partial charge is 0.348 e. The van der Waals surface area contributed by atoms with Crippen molar-refractivity contribution in [2.45, 2.75) is 52.2 Å². The van der Waals surface area contributed by atoms with Crippen LogP contribution in [0.1, 0.15) is 66.8 Å². The average Bonchev–Trinajstić information content (AvgIpc) is 3.39. The van der Waals surface area contributed by atoms with Gasteiger partial charge in [-0.05, 0) is 65.9 Å². The Morgan fingerprint density at radius 1 is 0.865 bits per heavy atom. The predicted octanol–water partition coefficient (Wildman–Crippen LogP) is 6.25. The summed E-state index contributed by atoms with van der Waals surface area (Å²) < 4.78 is 2.23. The molecule has 2 amide bonds. The van der Waals surface area contributed by atoms with Crippen LogP contribution in [0.15, 0.2) is 85.1 Å². The summed E-state index contributed by atoms with van der Waals surface area (Å²) in [4.78, 5) is 31.1. The van der Waals surface area contributed by atoms with Crippen LogP contribution in [-0.2, 0) is 11.3 Å². The highest BCUT2D eigenvalue weighted by molar-refractivity contribution is 6.00. The minimum absolute atomic E-state index is 0.0341. The molecular weight excluding hydrogens is 458 g/mol. The summed E-state index contributed by atoms with van der Waals surface area (Å²) in [6.45, 7) is 9.70. The van der Waals surface area contributed by atoms with Gasteiger partial charge in [0.1, 0.15) is 6.54 Å². The summed E-state index contributed by atoms with van der Waals surface area (Å²) in [5.74, 6) is 0.295. The van der Waals surface area contributed by atoms with Crippen LogP contribution in [0.5, 0.6) is 0 Å². The molecular formula is C32H35N3O2. The number of hydrogen-bond acceptors (Lipinski definition) is 2. The van der Waals surface area contributed by atoms with Gasteiger partial charge < -0.3 is 14.4 Å². The highest BCUT2D eigenvalue weighted by atomic mass is 16.2. The van der Waals surface area contributed by atoms with Crippen LogP contribution < -0.4 is 0 Å². The van der Waals surface area contributed by atoms with Gasteiger partial charge >= 0.3 is 0 Å². The van der Waals surface area contributed by atoms with Gasteiger partial charge in [0, 0.05) is 36.6 Å². The van der Waals surface area contributed by atoms with Gasteiger partial charge in [0.25, 0.3) is 5.91 Å². The molecule has 2 heterocycles. The normalized spacial score (nSPS) is 15.3. The van der Waals surface area contributed by atoms with E-state index in [0.717, 1.165) is 28.6 Å². The number of fused-ring (bicyclic) bond motifs is 2. The number of amides is 2. The molecule has 0 saturated carbocycles. The Kier molecular flexibility index (Phi) is 6.88. The van der Waals surface area contributed by atoms with E-state index in [-0.39, 0.29) is 30.4 Å². The molecule has 5 rings (SSSR count). The first-order chi connectivity index (χ1) is 17.8. The Morgan fingerprint density at radius 3 is 2.30 bits per heavy atom. The predicted molar refractivity (Wildman–Crippen MR) is 149 cm³/mol. The number of carbonyl (C=O) groups excluding carboxylic acids is 2. The third-order valence-electron chi connectivity index (χ3n) is 7.46.